The van der Waals surface area contributed by atoms with Crippen LogP contribution >= 0.6 is 0 Å². The molecule has 350 valence electrons. The van der Waals surface area contributed by atoms with Gasteiger partial charge in [-0.2, -0.15) is 42.5 Å². The Morgan fingerprint density at radius 1 is 0.514 bits per heavy atom. The zero-order valence-corrected chi connectivity index (χ0v) is 43.2. The first-order chi connectivity index (χ1) is 33.5. The molecule has 3 heterocycles. The maximum Gasteiger partial charge on any atom is 0.136 e. The Balaban J connectivity index is 0.00000567. The van der Waals surface area contributed by atoms with Crippen molar-refractivity contribution in [2.45, 2.75) is 71.1 Å². The number of anilines is 4. The van der Waals surface area contributed by atoms with Gasteiger partial charge in [-0.05, 0) is 104 Å². The van der Waals surface area contributed by atoms with Crippen molar-refractivity contribution < 1.29 is 21.1 Å². The molecular weight excluding hydrogens is 1030 g/mol. The van der Waals surface area contributed by atoms with Crippen LogP contribution in [0.3, 0.4) is 0 Å². The van der Waals surface area contributed by atoms with Crippen LogP contribution in [0.15, 0.2) is 200 Å². The second kappa shape index (κ2) is 18.7. The van der Waals surface area contributed by atoms with E-state index in [1.165, 1.54) is 27.8 Å². The van der Waals surface area contributed by atoms with Gasteiger partial charge in [-0.1, -0.05) is 175 Å². The van der Waals surface area contributed by atoms with E-state index in [1.54, 1.807) is 0 Å². The number of hydrogen-bond acceptors (Lipinski definition) is 3. The predicted molar refractivity (Wildman–Crippen MR) is 288 cm³/mol. The first-order valence-corrected chi connectivity index (χ1v) is 24.3. The topological polar surface area (TPSA) is 24.3 Å². The Kier molecular flexibility index (Phi) is 12.5. The SMILES string of the molecule is CC(C)c1cccc(C(C)C)c1-c1ccnc(-n2c3[c-]c(C(c4[c-]c(N5[CH-]N(c6cccc(C(C)(C)C)c6)c6ccccc65)ccc4)(c4ccccc4)c4ccccc4)ccc3c3ccccc32)c1.[Pt]. The number of benzene rings is 8. The minimum absolute atomic E-state index is 0. The molecule has 0 amide bonds. The second-order valence-electron chi connectivity index (χ2n) is 20.1. The maximum absolute atomic E-state index is 5.17. The van der Waals surface area contributed by atoms with Gasteiger partial charge in [0.05, 0.1) is 0 Å². The molecule has 8 aromatic carbocycles. The summed E-state index contributed by atoms with van der Waals surface area (Å²) in [5.74, 6) is 1.59. The normalized spacial score (nSPS) is 12.8. The zero-order chi connectivity index (χ0) is 47.4. The van der Waals surface area contributed by atoms with Crippen molar-refractivity contribution in [1.29, 1.82) is 0 Å². The number of fused-ring (bicyclic) bond motifs is 4. The molecule has 1 aliphatic rings. The van der Waals surface area contributed by atoms with Gasteiger partial charge in [0.15, 0.2) is 0 Å². The summed E-state index contributed by atoms with van der Waals surface area (Å²) in [6, 6.07) is 78.8. The molecule has 0 bridgehead atoms. The number of para-hydroxylation sites is 3. The van der Waals surface area contributed by atoms with Gasteiger partial charge in [0.2, 0.25) is 0 Å². The van der Waals surface area contributed by atoms with E-state index in [0.29, 0.717) is 11.8 Å². The number of rotatable bonds is 10. The van der Waals surface area contributed by atoms with Crippen LogP contribution < -0.4 is 9.80 Å². The monoisotopic (exact) mass is 1090 g/mol. The van der Waals surface area contributed by atoms with Crippen molar-refractivity contribution in [2.75, 3.05) is 9.80 Å². The molecule has 0 saturated carbocycles. The summed E-state index contributed by atoms with van der Waals surface area (Å²) in [7, 11) is 0. The van der Waals surface area contributed by atoms with Crippen molar-refractivity contribution in [3.05, 3.63) is 258 Å². The van der Waals surface area contributed by atoms with Crippen LogP contribution in [-0.4, -0.2) is 9.55 Å². The zero-order valence-electron chi connectivity index (χ0n) is 40.9. The molecule has 0 atom stereocenters. The van der Waals surface area contributed by atoms with E-state index in [0.717, 1.165) is 72.6 Å². The fraction of sp³-hybridized carbons (Fsp3) is 0.169. The quantitative estimate of drug-likeness (QED) is 0.101. The van der Waals surface area contributed by atoms with Crippen molar-refractivity contribution in [2.24, 2.45) is 0 Å². The molecule has 0 N–H and O–H groups in total. The van der Waals surface area contributed by atoms with Crippen molar-refractivity contribution >= 4 is 44.6 Å². The van der Waals surface area contributed by atoms with E-state index < -0.39 is 5.41 Å². The number of hydrogen-bond donors (Lipinski definition) is 0. The molecule has 70 heavy (non-hydrogen) atoms. The van der Waals surface area contributed by atoms with E-state index in [2.05, 4.69) is 276 Å². The second-order valence-corrected chi connectivity index (χ2v) is 20.1. The summed E-state index contributed by atoms with van der Waals surface area (Å²) in [6.07, 6.45) is 1.98. The van der Waals surface area contributed by atoms with Crippen LogP contribution in [0.1, 0.15) is 99.2 Å². The fourth-order valence-corrected chi connectivity index (χ4v) is 10.7. The molecule has 10 aromatic rings. The maximum atomic E-state index is 5.17. The largest absolute Gasteiger partial charge is 0.493 e. The summed E-state index contributed by atoms with van der Waals surface area (Å²) >= 11 is 0. The van der Waals surface area contributed by atoms with Crippen LogP contribution in [0.4, 0.5) is 22.7 Å². The number of pyridine rings is 1. The molecule has 2 aromatic heterocycles. The molecule has 0 unspecified atom stereocenters. The summed E-state index contributed by atoms with van der Waals surface area (Å²) in [4.78, 5) is 9.76. The summed E-state index contributed by atoms with van der Waals surface area (Å²) in [5, 5.41) is 2.28. The van der Waals surface area contributed by atoms with Crippen LogP contribution in [-0.2, 0) is 31.9 Å². The predicted octanol–water partition coefficient (Wildman–Crippen LogP) is 16.8. The molecule has 11 rings (SSSR count). The standard InChI is InChI=1S/C65H57N4.Pt/c1-44(2)54-30-20-31-55(45(3)4)63(54)46-37-38-66-62(39-46)69-58-32-15-14-29-56(58)57-36-35-51(42-61(57)69)65(47-21-10-8-11-22-47,48-23-12-9-13-24-48)50-26-19-28-53(41-50)68-43-67(59-33-16-17-34-60(59)68)52-27-18-25-49(40-52)64(5,6)7;/h8-40,43-45H,1-7H3;/q-3;. The Morgan fingerprint density at radius 3 is 1.77 bits per heavy atom. The van der Waals surface area contributed by atoms with Gasteiger partial charge < -0.3 is 14.4 Å². The first kappa shape index (κ1) is 46.7. The van der Waals surface area contributed by atoms with Gasteiger partial charge in [0.1, 0.15) is 5.82 Å². The van der Waals surface area contributed by atoms with Gasteiger partial charge in [0.25, 0.3) is 0 Å². The van der Waals surface area contributed by atoms with Crippen molar-refractivity contribution in [3.8, 4) is 16.9 Å². The average Bonchev–Trinajstić information content (AvgIpc) is 3.93. The molecule has 0 saturated heterocycles. The fourth-order valence-electron chi connectivity index (χ4n) is 10.7. The van der Waals surface area contributed by atoms with Crippen LogP contribution in [0.25, 0.3) is 38.8 Å². The minimum Gasteiger partial charge on any atom is -0.493 e. The van der Waals surface area contributed by atoms with Crippen molar-refractivity contribution in [3.63, 3.8) is 0 Å². The van der Waals surface area contributed by atoms with Gasteiger partial charge in [-0.3, -0.25) is 0 Å². The van der Waals surface area contributed by atoms with E-state index in [-0.39, 0.29) is 26.5 Å². The first-order valence-electron chi connectivity index (χ1n) is 24.3. The van der Waals surface area contributed by atoms with Crippen LogP contribution in [0, 0.1) is 18.8 Å². The van der Waals surface area contributed by atoms with Crippen molar-refractivity contribution in [1.82, 2.24) is 9.55 Å². The van der Waals surface area contributed by atoms with E-state index in [1.807, 2.05) is 6.20 Å². The Morgan fingerprint density at radius 2 is 1.10 bits per heavy atom. The van der Waals surface area contributed by atoms with Gasteiger partial charge in [-0.25, -0.2) is 4.98 Å². The van der Waals surface area contributed by atoms with Crippen LogP contribution in [0.5, 0.6) is 0 Å². The third kappa shape index (κ3) is 7.97. The Bertz CT molecular complexity index is 3420. The van der Waals surface area contributed by atoms with Crippen LogP contribution in [0.2, 0.25) is 0 Å². The molecule has 1 aliphatic heterocycles. The third-order valence-corrected chi connectivity index (χ3v) is 14.1. The van der Waals surface area contributed by atoms with E-state index in [4.69, 9.17) is 4.98 Å². The van der Waals surface area contributed by atoms with E-state index >= 15 is 0 Å². The molecule has 4 nitrogen and oxygen atoms in total. The smallest absolute Gasteiger partial charge is 0.136 e. The summed E-state index contributed by atoms with van der Waals surface area (Å²) < 4.78 is 2.32. The average molecular weight is 1090 g/mol. The van der Waals surface area contributed by atoms with Gasteiger partial charge >= 0.3 is 0 Å². The molecular formula is C65H57N4Pt-3. The molecule has 0 radical (unpaired) electrons. The molecule has 0 fully saturated rings. The Hall–Kier alpha value is -7.00. The molecule has 0 spiro atoms. The minimum atomic E-state index is -0.828. The number of aromatic nitrogens is 2. The molecule has 0 aliphatic carbocycles. The van der Waals surface area contributed by atoms with Gasteiger partial charge in [0, 0.05) is 55.3 Å². The number of nitrogens with zero attached hydrogens (tertiary/aromatic N) is 4. The third-order valence-electron chi connectivity index (χ3n) is 14.1. The molecule has 5 heteroatoms. The Labute approximate surface area is 428 Å². The summed E-state index contributed by atoms with van der Waals surface area (Å²) in [5.41, 5.74) is 16.3. The van der Waals surface area contributed by atoms with E-state index in [9.17, 15) is 0 Å². The van der Waals surface area contributed by atoms with Gasteiger partial charge in [-0.15, -0.1) is 28.9 Å². The summed E-state index contributed by atoms with van der Waals surface area (Å²) in [6.45, 7) is 18.2.